The van der Waals surface area contributed by atoms with Crippen molar-refractivity contribution in [3.8, 4) is 5.75 Å². The van der Waals surface area contributed by atoms with E-state index in [0.717, 1.165) is 4.90 Å². The fourth-order valence-corrected chi connectivity index (χ4v) is 14.5. The normalized spacial score (nSPS) is 21.6. The Hall–Kier alpha value is -7.59. The Morgan fingerprint density at radius 3 is 1.77 bits per heavy atom. The lowest BCUT2D eigenvalue weighted by molar-refractivity contribution is -0.144. The molecule has 4 heterocycles. The van der Waals surface area contributed by atoms with Crippen molar-refractivity contribution in [3.63, 3.8) is 0 Å². The van der Waals surface area contributed by atoms with Crippen LogP contribution in [0.2, 0.25) is 0 Å². The molecule has 1 saturated heterocycles. The summed E-state index contributed by atoms with van der Waals surface area (Å²) in [5, 5.41) is 70.6. The number of H-pyrrole nitrogens is 1. The Morgan fingerprint density at radius 1 is 0.696 bits per heavy atom. The van der Waals surface area contributed by atoms with Crippen LogP contribution in [0.25, 0.3) is 10.9 Å². The molecule has 3 aliphatic rings. The van der Waals surface area contributed by atoms with Crippen LogP contribution in [0.3, 0.4) is 0 Å². The third-order valence-corrected chi connectivity index (χ3v) is 21.2. The van der Waals surface area contributed by atoms with E-state index in [-0.39, 0.29) is 66.3 Å². The number of aliphatic carboxylic acids is 1. The zero-order valence-corrected chi connectivity index (χ0v) is 67.6. The van der Waals surface area contributed by atoms with Gasteiger partial charge in [0.15, 0.2) is 11.6 Å². The highest BCUT2D eigenvalue weighted by molar-refractivity contribution is 7.98. The summed E-state index contributed by atoms with van der Waals surface area (Å²) < 4.78 is 76.5. The molecular weight excluding hydrogens is 1550 g/mol. The topological polar surface area (TPSA) is 563 Å². The van der Waals surface area contributed by atoms with Crippen LogP contribution < -0.4 is 48.7 Å². The summed E-state index contributed by atoms with van der Waals surface area (Å²) in [6.07, 6.45) is -4.22. The Morgan fingerprint density at radius 2 is 1.23 bits per heavy atom. The maximum atomic E-state index is 15.3. The second-order valence-corrected chi connectivity index (χ2v) is 30.2. The molecule has 115 heavy (non-hydrogen) atoms. The van der Waals surface area contributed by atoms with Gasteiger partial charge in [0.2, 0.25) is 47.3 Å². The summed E-state index contributed by atoms with van der Waals surface area (Å²) in [6, 6.07) is -4.17. The second kappa shape index (κ2) is 55.2. The van der Waals surface area contributed by atoms with Crippen molar-refractivity contribution < 1.29 is 135 Å². The number of ether oxygens (including phenoxy) is 11. The summed E-state index contributed by atoms with van der Waals surface area (Å²) in [7, 11) is -2.45. The minimum absolute atomic E-state index is 0.0978. The van der Waals surface area contributed by atoms with Crippen molar-refractivity contribution >= 4 is 98.3 Å². The number of phenols is 1. The van der Waals surface area contributed by atoms with Gasteiger partial charge >= 0.3 is 5.97 Å². The molecule has 39 nitrogen and oxygen atoms in total. The molecule has 0 aliphatic carbocycles. The van der Waals surface area contributed by atoms with E-state index in [4.69, 9.17) is 68.7 Å². The van der Waals surface area contributed by atoms with E-state index in [1.165, 1.54) is 37.7 Å². The van der Waals surface area contributed by atoms with Crippen molar-refractivity contribution in [3.05, 3.63) is 35.2 Å². The first-order valence-corrected chi connectivity index (χ1v) is 41.1. The molecule has 5 rings (SSSR count). The fraction of sp³-hybridized carbons (Fsp3) is 0.716. The monoisotopic (exact) mass is 1670 g/mol. The summed E-state index contributed by atoms with van der Waals surface area (Å²) in [5.41, 5.74) is 12.5. The number of hydrogen-bond donors (Lipinski definition) is 15. The number of aliphatic hydroxyl groups excluding tert-OH is 3. The van der Waals surface area contributed by atoms with Gasteiger partial charge < -0.3 is 136 Å². The van der Waals surface area contributed by atoms with Crippen LogP contribution in [0.5, 0.6) is 5.75 Å². The van der Waals surface area contributed by atoms with Crippen molar-refractivity contribution in [1.82, 2.24) is 47.1 Å². The van der Waals surface area contributed by atoms with Crippen LogP contribution in [-0.4, -0.2) is 337 Å². The quantitative estimate of drug-likeness (QED) is 0.0283. The van der Waals surface area contributed by atoms with Gasteiger partial charge in [-0.3, -0.25) is 56.9 Å². The summed E-state index contributed by atoms with van der Waals surface area (Å²) in [5.74, 6) is -15.3. The van der Waals surface area contributed by atoms with Crippen LogP contribution in [0, 0.1) is 29.6 Å². The number of carbonyl (C=O) groups excluding carboxylic acids is 10. The summed E-state index contributed by atoms with van der Waals surface area (Å²) >= 11 is 1.36. The Kier molecular flexibility index (Phi) is 47.0. The highest BCUT2D eigenvalue weighted by Crippen LogP contribution is 2.37. The second-order valence-electron chi connectivity index (χ2n) is 27.7. The van der Waals surface area contributed by atoms with Gasteiger partial charge in [-0.15, -0.1) is 0 Å². The Balaban J connectivity index is 1.03. The molecule has 2 aromatic rings. The third kappa shape index (κ3) is 36.4. The van der Waals surface area contributed by atoms with Crippen LogP contribution in [0.4, 0.5) is 0 Å². The number of carboxylic acid groups (broad SMARTS) is 1. The molecule has 0 spiro atoms. The summed E-state index contributed by atoms with van der Waals surface area (Å²) in [4.78, 5) is 154. The number of fused-ring (bicyclic) bond motifs is 5. The van der Waals surface area contributed by atoms with E-state index < -0.39 is 200 Å². The zero-order valence-electron chi connectivity index (χ0n) is 66.0. The van der Waals surface area contributed by atoms with E-state index in [0.29, 0.717) is 161 Å². The van der Waals surface area contributed by atoms with E-state index in [9.17, 15) is 73.2 Å². The molecule has 3 unspecified atom stereocenters. The first-order valence-electron chi connectivity index (χ1n) is 38.6. The van der Waals surface area contributed by atoms with Crippen LogP contribution in [0.1, 0.15) is 77.3 Å². The number of aromatic hydroxyl groups is 1. The lowest BCUT2D eigenvalue weighted by Crippen LogP contribution is -2.60. The first kappa shape index (κ1) is 98.0. The van der Waals surface area contributed by atoms with Crippen molar-refractivity contribution in [2.24, 2.45) is 41.1 Å². The largest absolute Gasteiger partial charge is 0.508 e. The minimum Gasteiger partial charge on any atom is -0.508 e. The number of thioether (sulfide) groups is 1. The average molecular weight is 1670 g/mol. The molecule has 0 saturated carbocycles. The maximum absolute atomic E-state index is 15.3. The lowest BCUT2D eigenvalue weighted by Gasteiger charge is -2.32. The number of benzene rings is 1. The number of primary amides is 1. The molecular formula is C74H119N11O28S2. The number of ketones is 2. The van der Waals surface area contributed by atoms with E-state index in [2.05, 4.69) is 42.2 Å². The van der Waals surface area contributed by atoms with Crippen molar-refractivity contribution in [2.75, 3.05) is 196 Å². The van der Waals surface area contributed by atoms with Gasteiger partial charge in [0.25, 0.3) is 0 Å². The molecule has 12 atom stereocenters. The number of aromatic amines is 1. The van der Waals surface area contributed by atoms with Crippen LogP contribution in [-0.2, 0) is 128 Å². The predicted octanol–water partition coefficient (Wildman–Crippen LogP) is -3.71. The molecule has 0 radical (unpaired) electrons. The smallest absolute Gasteiger partial charge is 0.304 e. The SMILES string of the molecule is CC[C@H](C)[C@@H]1CC(=O)CNC(=O)[C@H]2CC(=O)[C@H]([C@@H](C)[C@@H](O)CO)NC(=O)[C@@H]3C[C@@H](O)CN3C(=O)[C@H](CC(N)=O)NC(=O)C(CS(=O)c3[nH]c4c(CSCCOCCOCCOCCOCCOCCOCCOCCOCCOCCOCCOCCN/C=C(\N)CNC(=O)C(C)CC(=O)O)c(O)ccc4c3C2)NC(=O)CNC1=O. The Labute approximate surface area is 674 Å². The molecule has 1 aromatic carbocycles. The Bertz CT molecular complexity index is 3450. The standard InChI is InChI=1S/C74H119N11O28S2/c1-5-46(2)54-35-51(87)40-79-69(97)49-33-55-53-6-7-60(89)56(67(53)84-73(55)115(102)45-58(81-64(93)41-80-70(54)98)71(99)82-57(37-63(76)92)74(101)85-42-52(88)36-59(85)72(100)83-66(61(90)34-49)48(4)62(91)43-86)44-114-31-30-113-29-28-112-27-26-111-25-24-110-23-22-109-21-20-108-19-18-107-17-16-106-15-14-105-13-12-104-11-10-103-9-8-77-38-50(75)39-78-68(96)47(3)32-65(94)95/h6-7,38,46-49,52,54,57-59,62,66,77,84,86,88-89,91H,5,8-37,39-45,75H2,1-4H3,(H2,76,92)(H,78,96)(H,79,97)(H,80,98)(H,81,93)(H,82,99)(H,83,100)(H,94,95)/b50-38-/t46-,47?,48-,49+,52+,54-,57-,58?,59-,62-,66-,115?/m0/s1. The number of aromatic nitrogens is 1. The number of aliphatic hydroxyl groups is 3. The third-order valence-electron chi connectivity index (χ3n) is 18.9. The number of carbonyl (C=O) groups is 11. The van der Waals surface area contributed by atoms with E-state index >= 15 is 4.21 Å². The van der Waals surface area contributed by atoms with E-state index in [1.54, 1.807) is 20.0 Å². The lowest BCUT2D eigenvalue weighted by atomic mass is 9.85. The maximum Gasteiger partial charge on any atom is 0.304 e. The molecule has 41 heteroatoms. The van der Waals surface area contributed by atoms with Gasteiger partial charge in [0.1, 0.15) is 28.9 Å². The number of nitrogens with two attached hydrogens (primary N) is 2. The highest BCUT2D eigenvalue weighted by atomic mass is 32.2. The van der Waals surface area contributed by atoms with E-state index in [1.807, 2.05) is 0 Å². The van der Waals surface area contributed by atoms with Crippen LogP contribution >= 0.6 is 11.8 Å². The number of nitrogens with one attached hydrogen (secondary N) is 8. The summed E-state index contributed by atoms with van der Waals surface area (Å²) in [6.45, 7) is 12.2. The predicted molar refractivity (Wildman–Crippen MR) is 415 cm³/mol. The average Bonchev–Trinajstić information content (AvgIpc) is 1.71. The minimum atomic E-state index is -2.45. The number of Topliss-reactive ketones (excluding diaryl/α,β-unsaturated/α-hetero) is 2. The number of nitrogens with zero attached hydrogens (tertiary/aromatic N) is 1. The highest BCUT2D eigenvalue weighted by Gasteiger charge is 2.45. The molecule has 2 bridgehead atoms. The molecule has 8 amide bonds. The number of amides is 8. The van der Waals surface area contributed by atoms with Gasteiger partial charge in [-0.25, -0.2) is 0 Å². The van der Waals surface area contributed by atoms with Crippen molar-refractivity contribution in [1.29, 1.82) is 0 Å². The van der Waals surface area contributed by atoms with Gasteiger partial charge in [-0.1, -0.05) is 34.1 Å². The molecule has 17 N–H and O–H groups in total. The molecule has 1 fully saturated rings. The number of rotatable bonds is 51. The molecule has 1 aromatic heterocycles. The molecule has 3 aliphatic heterocycles. The van der Waals surface area contributed by atoms with Crippen LogP contribution in [0.15, 0.2) is 29.1 Å². The number of carboxylic acids is 1. The first-order chi connectivity index (χ1) is 55.2. The van der Waals surface area contributed by atoms with Gasteiger partial charge in [0, 0.05) is 90.4 Å². The van der Waals surface area contributed by atoms with Gasteiger partial charge in [-0.05, 0) is 30.0 Å². The number of hydrogen-bond acceptors (Lipinski definition) is 30. The zero-order chi connectivity index (χ0) is 84.0. The van der Waals surface area contributed by atoms with Crippen molar-refractivity contribution in [2.45, 2.75) is 120 Å². The fourth-order valence-electron chi connectivity index (χ4n) is 12.2. The van der Waals surface area contributed by atoms with Gasteiger partial charge in [-0.2, -0.15) is 11.8 Å². The van der Waals surface area contributed by atoms with Gasteiger partial charge in [0.05, 0.1) is 225 Å². The molecule has 650 valence electrons. The number of phenolic OH excluding ortho intramolecular Hbond substituents is 1.